The van der Waals surface area contributed by atoms with Crippen molar-refractivity contribution in [2.24, 2.45) is 5.92 Å². The van der Waals surface area contributed by atoms with Crippen molar-refractivity contribution in [1.82, 2.24) is 10.2 Å². The van der Waals surface area contributed by atoms with E-state index in [0.717, 1.165) is 32.5 Å². The first-order valence-corrected chi connectivity index (χ1v) is 8.59. The molecule has 2 heterocycles. The van der Waals surface area contributed by atoms with Crippen molar-refractivity contribution < 1.29 is 14.3 Å². The molecule has 6 nitrogen and oxygen atoms in total. The summed E-state index contributed by atoms with van der Waals surface area (Å²) in [6.45, 7) is 4.25. The summed E-state index contributed by atoms with van der Waals surface area (Å²) in [5, 5.41) is 3.19. The molecule has 0 aliphatic carbocycles. The molecule has 2 atom stereocenters. The molecule has 2 aliphatic rings. The van der Waals surface area contributed by atoms with Crippen LogP contribution in [0.4, 0.5) is 5.69 Å². The maximum absolute atomic E-state index is 12.7. The quantitative estimate of drug-likeness (QED) is 0.879. The molecule has 0 saturated carbocycles. The molecule has 1 aromatic carbocycles. The SMILES string of the molecule is CNCC1CCCN(C(=O)CN2C(=O)C(C)Oc3ccccc32)C1.Cl. The van der Waals surface area contributed by atoms with Gasteiger partial charge in [0.05, 0.1) is 5.69 Å². The van der Waals surface area contributed by atoms with Crippen LogP contribution in [0.2, 0.25) is 0 Å². The van der Waals surface area contributed by atoms with Crippen LogP contribution in [-0.2, 0) is 9.59 Å². The standard InChI is InChI=1S/C18H25N3O3.ClH/c1-13-18(23)21(15-7-3-4-8-16(15)24-13)12-17(22)20-9-5-6-14(11-20)10-19-2;/h3-4,7-8,13-14,19H,5-6,9-12H2,1-2H3;1H. The lowest BCUT2D eigenvalue weighted by Crippen LogP contribution is -2.51. The highest BCUT2D eigenvalue weighted by Gasteiger charge is 2.34. The number of amides is 2. The van der Waals surface area contributed by atoms with Gasteiger partial charge in [0.2, 0.25) is 5.91 Å². The molecule has 0 radical (unpaired) electrons. The molecule has 1 N–H and O–H groups in total. The third-order valence-electron chi connectivity index (χ3n) is 4.73. The molecule has 1 fully saturated rings. The third-order valence-corrected chi connectivity index (χ3v) is 4.73. The first-order valence-electron chi connectivity index (χ1n) is 8.59. The van der Waals surface area contributed by atoms with Crippen molar-refractivity contribution in [3.8, 4) is 5.75 Å². The number of anilines is 1. The maximum Gasteiger partial charge on any atom is 0.268 e. The summed E-state index contributed by atoms with van der Waals surface area (Å²) in [6.07, 6.45) is 1.59. The fraction of sp³-hybridized carbons (Fsp3) is 0.556. The summed E-state index contributed by atoms with van der Waals surface area (Å²) in [5.74, 6) is 0.988. The Hall–Kier alpha value is -1.79. The number of halogens is 1. The number of ether oxygens (including phenoxy) is 1. The summed E-state index contributed by atoms with van der Waals surface area (Å²) in [5.41, 5.74) is 0.678. The van der Waals surface area contributed by atoms with Gasteiger partial charge in [-0.05, 0) is 51.4 Å². The van der Waals surface area contributed by atoms with Crippen LogP contribution in [0.1, 0.15) is 19.8 Å². The molecule has 1 saturated heterocycles. The van der Waals surface area contributed by atoms with E-state index in [1.165, 1.54) is 0 Å². The molecule has 7 heteroatoms. The summed E-state index contributed by atoms with van der Waals surface area (Å²) in [4.78, 5) is 28.7. The van der Waals surface area contributed by atoms with E-state index in [2.05, 4.69) is 5.32 Å². The third kappa shape index (κ3) is 4.25. The predicted octanol–water partition coefficient (Wildman–Crippen LogP) is 1.68. The zero-order valence-corrected chi connectivity index (χ0v) is 15.6. The van der Waals surface area contributed by atoms with E-state index in [9.17, 15) is 9.59 Å². The molecule has 0 spiro atoms. The van der Waals surface area contributed by atoms with Gasteiger partial charge in [-0.3, -0.25) is 14.5 Å². The Kier molecular flexibility index (Phi) is 6.67. The average Bonchev–Trinajstić information content (AvgIpc) is 2.59. The normalized spacial score (nSPS) is 22.7. The Morgan fingerprint density at radius 2 is 2.12 bits per heavy atom. The summed E-state index contributed by atoms with van der Waals surface area (Å²) in [6, 6.07) is 7.38. The number of hydrogen-bond donors (Lipinski definition) is 1. The summed E-state index contributed by atoms with van der Waals surface area (Å²) < 4.78 is 5.63. The van der Waals surface area contributed by atoms with Gasteiger partial charge in [0.25, 0.3) is 5.91 Å². The molecular formula is C18H26ClN3O3. The molecule has 2 unspecified atom stereocenters. The number of benzene rings is 1. The summed E-state index contributed by atoms with van der Waals surface area (Å²) in [7, 11) is 1.94. The highest BCUT2D eigenvalue weighted by Crippen LogP contribution is 2.33. The first kappa shape index (κ1) is 19.5. The minimum Gasteiger partial charge on any atom is -0.479 e. The molecule has 2 aliphatic heterocycles. The molecule has 0 aromatic heterocycles. The highest BCUT2D eigenvalue weighted by atomic mass is 35.5. The first-order chi connectivity index (χ1) is 11.6. The average molecular weight is 368 g/mol. The van der Waals surface area contributed by atoms with E-state index < -0.39 is 6.10 Å². The number of nitrogens with zero attached hydrogens (tertiary/aromatic N) is 2. The van der Waals surface area contributed by atoms with Crippen LogP contribution in [0, 0.1) is 5.92 Å². The van der Waals surface area contributed by atoms with Gasteiger partial charge in [0, 0.05) is 13.1 Å². The second kappa shape index (κ2) is 8.54. The van der Waals surface area contributed by atoms with Crippen molar-refractivity contribution in [3.63, 3.8) is 0 Å². The second-order valence-corrected chi connectivity index (χ2v) is 6.56. The van der Waals surface area contributed by atoms with E-state index in [1.807, 2.05) is 36.2 Å². The molecular weight excluding hydrogens is 342 g/mol. The second-order valence-electron chi connectivity index (χ2n) is 6.56. The van der Waals surface area contributed by atoms with Crippen molar-refractivity contribution in [3.05, 3.63) is 24.3 Å². The van der Waals surface area contributed by atoms with Crippen LogP contribution in [0.25, 0.3) is 0 Å². The molecule has 3 rings (SSSR count). The largest absolute Gasteiger partial charge is 0.479 e. The van der Waals surface area contributed by atoms with E-state index >= 15 is 0 Å². The smallest absolute Gasteiger partial charge is 0.268 e. The molecule has 1 aromatic rings. The van der Waals surface area contributed by atoms with Gasteiger partial charge in [-0.15, -0.1) is 12.4 Å². The van der Waals surface area contributed by atoms with Crippen molar-refractivity contribution in [2.45, 2.75) is 25.9 Å². The van der Waals surface area contributed by atoms with Gasteiger partial charge < -0.3 is 15.0 Å². The topological polar surface area (TPSA) is 61.9 Å². The van der Waals surface area contributed by atoms with Crippen LogP contribution in [0.15, 0.2) is 24.3 Å². The van der Waals surface area contributed by atoms with Crippen LogP contribution < -0.4 is 15.0 Å². The molecule has 138 valence electrons. The lowest BCUT2D eigenvalue weighted by molar-refractivity contribution is -0.134. The molecule has 0 bridgehead atoms. The Balaban J connectivity index is 0.00000225. The number of rotatable bonds is 4. The van der Waals surface area contributed by atoms with Crippen molar-refractivity contribution in [2.75, 3.05) is 38.1 Å². The van der Waals surface area contributed by atoms with Crippen molar-refractivity contribution >= 4 is 29.9 Å². The Morgan fingerprint density at radius 3 is 2.88 bits per heavy atom. The zero-order chi connectivity index (χ0) is 17.1. The Labute approximate surface area is 154 Å². The Bertz CT molecular complexity index is 623. The van der Waals surface area contributed by atoms with Gasteiger partial charge in [0.15, 0.2) is 6.10 Å². The van der Waals surface area contributed by atoms with E-state index in [4.69, 9.17) is 4.74 Å². The number of carbonyl (C=O) groups is 2. The zero-order valence-electron chi connectivity index (χ0n) is 14.7. The monoisotopic (exact) mass is 367 g/mol. The van der Waals surface area contributed by atoms with Crippen LogP contribution in [-0.4, -0.2) is 56.0 Å². The van der Waals surface area contributed by atoms with Crippen LogP contribution in [0.5, 0.6) is 5.75 Å². The number of fused-ring (bicyclic) bond motifs is 1. The number of hydrogen-bond acceptors (Lipinski definition) is 4. The predicted molar refractivity (Wildman–Crippen MR) is 99.4 cm³/mol. The maximum atomic E-state index is 12.7. The lowest BCUT2D eigenvalue weighted by Gasteiger charge is -2.36. The van der Waals surface area contributed by atoms with Gasteiger partial charge >= 0.3 is 0 Å². The van der Waals surface area contributed by atoms with E-state index in [1.54, 1.807) is 11.8 Å². The minimum atomic E-state index is -0.564. The van der Waals surface area contributed by atoms with Crippen LogP contribution in [0.3, 0.4) is 0 Å². The van der Waals surface area contributed by atoms with Crippen LogP contribution >= 0.6 is 12.4 Å². The van der Waals surface area contributed by atoms with Gasteiger partial charge in [0.1, 0.15) is 12.3 Å². The highest BCUT2D eigenvalue weighted by molar-refractivity contribution is 6.03. The van der Waals surface area contributed by atoms with E-state index in [-0.39, 0.29) is 30.8 Å². The number of likely N-dealkylation sites (tertiary alicyclic amines) is 1. The number of piperidine rings is 1. The minimum absolute atomic E-state index is 0. The Morgan fingerprint density at radius 1 is 1.36 bits per heavy atom. The number of para-hydroxylation sites is 2. The fourth-order valence-corrected chi connectivity index (χ4v) is 3.50. The van der Waals surface area contributed by atoms with Gasteiger partial charge in [-0.2, -0.15) is 0 Å². The number of carbonyl (C=O) groups excluding carboxylic acids is 2. The van der Waals surface area contributed by atoms with Crippen molar-refractivity contribution in [1.29, 1.82) is 0 Å². The molecule has 2 amide bonds. The van der Waals surface area contributed by atoms with Gasteiger partial charge in [-0.1, -0.05) is 12.1 Å². The van der Waals surface area contributed by atoms with E-state index in [0.29, 0.717) is 17.4 Å². The number of nitrogens with one attached hydrogen (secondary N) is 1. The fourth-order valence-electron chi connectivity index (χ4n) is 3.50. The summed E-state index contributed by atoms with van der Waals surface area (Å²) >= 11 is 0. The van der Waals surface area contributed by atoms with Gasteiger partial charge in [-0.25, -0.2) is 0 Å². The lowest BCUT2D eigenvalue weighted by atomic mass is 9.98. The molecule has 25 heavy (non-hydrogen) atoms.